The van der Waals surface area contributed by atoms with Crippen LogP contribution in [0.1, 0.15) is 58.8 Å². The molecule has 0 aromatic heterocycles. The van der Waals surface area contributed by atoms with E-state index in [9.17, 15) is 4.79 Å². The van der Waals surface area contributed by atoms with Crippen molar-refractivity contribution in [2.45, 2.75) is 58.8 Å². The molecule has 0 N–H and O–H groups in total. The highest BCUT2D eigenvalue weighted by molar-refractivity contribution is 5.65. The number of hydrogen-bond acceptors (Lipinski definition) is 2. The van der Waals surface area contributed by atoms with E-state index in [4.69, 9.17) is 4.74 Å². The molecule has 0 aromatic rings. The minimum atomic E-state index is -0.180. The minimum absolute atomic E-state index is 0.180. The molecule has 2 nitrogen and oxygen atoms in total. The summed E-state index contributed by atoms with van der Waals surface area (Å²) in [4.78, 5) is 10.5. The van der Waals surface area contributed by atoms with Gasteiger partial charge in [0.05, 0.1) is 6.61 Å². The first-order valence-corrected chi connectivity index (χ1v) is 6.54. The molecule has 0 spiro atoms. The fourth-order valence-electron chi connectivity index (χ4n) is 1.37. The van der Waals surface area contributed by atoms with Gasteiger partial charge in [-0.3, -0.25) is 4.79 Å². The van der Waals surface area contributed by atoms with Gasteiger partial charge < -0.3 is 4.74 Å². The average molecular weight is 236 g/mol. The summed E-state index contributed by atoms with van der Waals surface area (Å²) in [6, 6.07) is 0. The standard InChI is InChI=1S/C15H24O2/c1-3-4-5-6-7-8-9-10-11-12-13-14-17-15(2)16/h4-5H,3,8-14H2,1-2H3. The van der Waals surface area contributed by atoms with Crippen LogP contribution in [0.2, 0.25) is 0 Å². The molecule has 0 atom stereocenters. The van der Waals surface area contributed by atoms with Crippen LogP contribution in [0.4, 0.5) is 0 Å². The highest BCUT2D eigenvalue weighted by Crippen LogP contribution is 2.04. The summed E-state index contributed by atoms with van der Waals surface area (Å²) >= 11 is 0. The maximum Gasteiger partial charge on any atom is 0.302 e. The van der Waals surface area contributed by atoms with Gasteiger partial charge >= 0.3 is 5.97 Å². The van der Waals surface area contributed by atoms with Gasteiger partial charge in [-0.15, -0.1) is 0 Å². The monoisotopic (exact) mass is 236 g/mol. The second kappa shape index (κ2) is 12.8. The molecule has 0 saturated heterocycles. The van der Waals surface area contributed by atoms with Crippen molar-refractivity contribution in [3.63, 3.8) is 0 Å². The Bertz CT molecular complexity index is 268. The molecule has 0 aliphatic carbocycles. The Morgan fingerprint density at radius 1 is 1.18 bits per heavy atom. The van der Waals surface area contributed by atoms with Gasteiger partial charge in [0, 0.05) is 13.3 Å². The number of hydrogen-bond donors (Lipinski definition) is 0. The highest BCUT2D eigenvalue weighted by atomic mass is 16.5. The number of carbonyl (C=O) groups excluding carboxylic acids is 1. The Kier molecular flexibility index (Phi) is 11.9. The fraction of sp³-hybridized carbons (Fsp3) is 0.667. The van der Waals surface area contributed by atoms with Crippen molar-refractivity contribution < 1.29 is 9.53 Å². The van der Waals surface area contributed by atoms with Crippen LogP contribution >= 0.6 is 0 Å². The van der Waals surface area contributed by atoms with Gasteiger partial charge in [-0.2, -0.15) is 0 Å². The smallest absolute Gasteiger partial charge is 0.302 e. The van der Waals surface area contributed by atoms with Crippen LogP contribution in [0.3, 0.4) is 0 Å². The molecule has 0 fully saturated rings. The Morgan fingerprint density at radius 3 is 2.59 bits per heavy atom. The highest BCUT2D eigenvalue weighted by Gasteiger charge is 1.93. The molecule has 0 aromatic carbocycles. The van der Waals surface area contributed by atoms with Crippen LogP contribution in [0.5, 0.6) is 0 Å². The average Bonchev–Trinajstić information content (AvgIpc) is 2.30. The first-order chi connectivity index (χ1) is 8.27. The third-order valence-electron chi connectivity index (χ3n) is 2.29. The first kappa shape index (κ1) is 15.8. The molecule has 0 heterocycles. The lowest BCUT2D eigenvalue weighted by Crippen LogP contribution is -1.99. The topological polar surface area (TPSA) is 26.3 Å². The van der Waals surface area contributed by atoms with Gasteiger partial charge in [0.15, 0.2) is 0 Å². The Morgan fingerprint density at radius 2 is 1.88 bits per heavy atom. The van der Waals surface area contributed by atoms with Crippen LogP contribution in [-0.4, -0.2) is 12.6 Å². The maximum atomic E-state index is 10.5. The summed E-state index contributed by atoms with van der Waals surface area (Å²) in [6.07, 6.45) is 11.7. The SMILES string of the molecule is CCC=CC#CCCCCCCCOC(C)=O. The quantitative estimate of drug-likeness (QED) is 0.363. The molecule has 0 saturated carbocycles. The maximum absolute atomic E-state index is 10.5. The molecule has 0 radical (unpaired) electrons. The van der Waals surface area contributed by atoms with Gasteiger partial charge in [-0.25, -0.2) is 0 Å². The fourth-order valence-corrected chi connectivity index (χ4v) is 1.37. The van der Waals surface area contributed by atoms with Crippen molar-refractivity contribution >= 4 is 5.97 Å². The lowest BCUT2D eigenvalue weighted by Gasteiger charge is -2.01. The molecule has 0 aliphatic rings. The number of esters is 1. The molecule has 0 aliphatic heterocycles. The molecule has 0 amide bonds. The van der Waals surface area contributed by atoms with E-state index in [0.29, 0.717) is 6.61 Å². The van der Waals surface area contributed by atoms with E-state index in [1.54, 1.807) is 0 Å². The second-order valence-corrected chi connectivity index (χ2v) is 3.99. The van der Waals surface area contributed by atoms with E-state index in [1.165, 1.54) is 26.2 Å². The zero-order valence-electron chi connectivity index (χ0n) is 11.1. The van der Waals surface area contributed by atoms with Crippen LogP contribution in [-0.2, 0) is 9.53 Å². The number of carbonyl (C=O) groups is 1. The second-order valence-electron chi connectivity index (χ2n) is 3.99. The minimum Gasteiger partial charge on any atom is -0.466 e. The van der Waals surface area contributed by atoms with Crippen molar-refractivity contribution in [3.05, 3.63) is 12.2 Å². The lowest BCUT2D eigenvalue weighted by atomic mass is 10.1. The third kappa shape index (κ3) is 14.8. The van der Waals surface area contributed by atoms with Gasteiger partial charge in [-0.05, 0) is 25.3 Å². The number of allylic oxidation sites excluding steroid dienone is 2. The number of unbranched alkanes of at least 4 members (excludes halogenated alkanes) is 5. The van der Waals surface area contributed by atoms with Gasteiger partial charge in [0.25, 0.3) is 0 Å². The molecule has 96 valence electrons. The molecule has 0 rings (SSSR count). The van der Waals surface area contributed by atoms with Crippen LogP contribution in [0, 0.1) is 11.8 Å². The summed E-state index contributed by atoms with van der Waals surface area (Å²) in [5, 5.41) is 0. The van der Waals surface area contributed by atoms with Crippen molar-refractivity contribution in [2.24, 2.45) is 0 Å². The molecule has 2 heteroatoms. The Hall–Kier alpha value is -1.23. The van der Waals surface area contributed by atoms with Gasteiger partial charge in [-0.1, -0.05) is 44.1 Å². The largest absolute Gasteiger partial charge is 0.466 e. The van der Waals surface area contributed by atoms with E-state index in [2.05, 4.69) is 24.8 Å². The zero-order valence-corrected chi connectivity index (χ0v) is 11.1. The van der Waals surface area contributed by atoms with E-state index >= 15 is 0 Å². The molecule has 0 bridgehead atoms. The Labute approximate surface area is 105 Å². The van der Waals surface area contributed by atoms with Crippen molar-refractivity contribution in [1.82, 2.24) is 0 Å². The van der Waals surface area contributed by atoms with E-state index in [0.717, 1.165) is 25.7 Å². The van der Waals surface area contributed by atoms with Crippen molar-refractivity contribution in [1.29, 1.82) is 0 Å². The van der Waals surface area contributed by atoms with Crippen LogP contribution in [0.15, 0.2) is 12.2 Å². The van der Waals surface area contributed by atoms with E-state index < -0.39 is 0 Å². The summed E-state index contributed by atoms with van der Waals surface area (Å²) in [5.74, 6) is 5.97. The van der Waals surface area contributed by atoms with Gasteiger partial charge in [0.2, 0.25) is 0 Å². The normalized spacial score (nSPS) is 10.0. The van der Waals surface area contributed by atoms with E-state index in [-0.39, 0.29) is 5.97 Å². The van der Waals surface area contributed by atoms with Crippen LogP contribution in [0.25, 0.3) is 0 Å². The van der Waals surface area contributed by atoms with Gasteiger partial charge in [0.1, 0.15) is 0 Å². The predicted molar refractivity (Wildman–Crippen MR) is 71.5 cm³/mol. The zero-order chi connectivity index (χ0) is 12.8. The summed E-state index contributed by atoms with van der Waals surface area (Å²) < 4.78 is 4.86. The first-order valence-electron chi connectivity index (χ1n) is 6.54. The lowest BCUT2D eigenvalue weighted by molar-refractivity contribution is -0.141. The summed E-state index contributed by atoms with van der Waals surface area (Å²) in [6.45, 7) is 4.12. The molecular formula is C15H24O2. The molecule has 0 unspecified atom stereocenters. The van der Waals surface area contributed by atoms with Crippen molar-refractivity contribution in [3.8, 4) is 11.8 Å². The summed E-state index contributed by atoms with van der Waals surface area (Å²) in [7, 11) is 0. The number of ether oxygens (including phenoxy) is 1. The predicted octanol–water partition coefficient (Wildman–Crippen LogP) is 3.86. The number of rotatable bonds is 8. The molecule has 17 heavy (non-hydrogen) atoms. The summed E-state index contributed by atoms with van der Waals surface area (Å²) in [5.41, 5.74) is 0. The third-order valence-corrected chi connectivity index (χ3v) is 2.29. The Balaban J connectivity index is 3.15. The molecular weight excluding hydrogens is 212 g/mol. The van der Waals surface area contributed by atoms with E-state index in [1.807, 2.05) is 6.08 Å². The van der Waals surface area contributed by atoms with Crippen molar-refractivity contribution in [2.75, 3.05) is 6.61 Å². The van der Waals surface area contributed by atoms with Crippen LogP contribution < -0.4 is 0 Å².